The first-order chi connectivity index (χ1) is 11.3. The van der Waals surface area contributed by atoms with Gasteiger partial charge in [-0.25, -0.2) is 0 Å². The Hall–Kier alpha value is -3.20. The van der Waals surface area contributed by atoms with Gasteiger partial charge < -0.3 is 5.32 Å². The fraction of sp³-hybridized carbons (Fsp3) is 0. The molecular weight excluding hydrogens is 284 g/mol. The number of hydrogen-bond acceptors (Lipinski definition) is 2. The Kier molecular flexibility index (Phi) is 3.24. The normalized spacial score (nSPS) is 10.8. The lowest BCUT2D eigenvalue weighted by Crippen LogP contribution is -2.12. The predicted octanol–water partition coefficient (Wildman–Crippen LogP) is 4.64. The maximum Gasteiger partial charge on any atom is 0.255 e. The standard InChI is InChI=1S/C20H14N2O/c23-20(16-11-10-14-5-1-2-6-15(14)13-16)22-19-9-3-8-18-17(19)7-4-12-21-18/h1-13H,(H,22,23). The van der Waals surface area contributed by atoms with E-state index in [1.807, 2.05) is 72.8 Å². The average Bonchev–Trinajstić information content (AvgIpc) is 2.61. The summed E-state index contributed by atoms with van der Waals surface area (Å²) in [5.74, 6) is -0.118. The Morgan fingerprint density at radius 2 is 1.70 bits per heavy atom. The lowest BCUT2D eigenvalue weighted by molar-refractivity contribution is 0.102. The van der Waals surface area contributed by atoms with Gasteiger partial charge >= 0.3 is 0 Å². The van der Waals surface area contributed by atoms with E-state index in [2.05, 4.69) is 10.3 Å². The quantitative estimate of drug-likeness (QED) is 0.585. The molecule has 1 aromatic heterocycles. The molecular formula is C20H14N2O. The van der Waals surface area contributed by atoms with Crippen molar-refractivity contribution in [3.63, 3.8) is 0 Å². The lowest BCUT2D eigenvalue weighted by Gasteiger charge is -2.09. The van der Waals surface area contributed by atoms with E-state index in [1.165, 1.54) is 0 Å². The van der Waals surface area contributed by atoms with E-state index in [-0.39, 0.29) is 5.91 Å². The van der Waals surface area contributed by atoms with Gasteiger partial charge in [0.25, 0.3) is 5.91 Å². The van der Waals surface area contributed by atoms with Gasteiger partial charge in [-0.05, 0) is 47.2 Å². The number of fused-ring (bicyclic) bond motifs is 2. The zero-order valence-electron chi connectivity index (χ0n) is 12.4. The number of carbonyl (C=O) groups is 1. The maximum atomic E-state index is 12.6. The number of anilines is 1. The van der Waals surface area contributed by atoms with Crippen LogP contribution >= 0.6 is 0 Å². The number of amides is 1. The molecule has 0 aliphatic heterocycles. The van der Waals surface area contributed by atoms with Crippen molar-refractivity contribution in [2.75, 3.05) is 5.32 Å². The zero-order valence-corrected chi connectivity index (χ0v) is 12.4. The highest BCUT2D eigenvalue weighted by atomic mass is 16.1. The molecule has 0 saturated carbocycles. The van der Waals surface area contributed by atoms with Crippen LogP contribution in [0.1, 0.15) is 10.4 Å². The van der Waals surface area contributed by atoms with E-state index in [1.54, 1.807) is 6.20 Å². The van der Waals surface area contributed by atoms with Crippen molar-refractivity contribution in [3.05, 3.63) is 84.6 Å². The van der Waals surface area contributed by atoms with Crippen LogP contribution in [0.25, 0.3) is 21.7 Å². The number of rotatable bonds is 2. The first-order valence-electron chi connectivity index (χ1n) is 7.45. The number of nitrogens with zero attached hydrogens (tertiary/aromatic N) is 1. The van der Waals surface area contributed by atoms with Gasteiger partial charge in [-0.15, -0.1) is 0 Å². The van der Waals surface area contributed by atoms with E-state index in [4.69, 9.17) is 0 Å². The summed E-state index contributed by atoms with van der Waals surface area (Å²) in [6, 6.07) is 23.3. The molecule has 0 spiro atoms. The summed E-state index contributed by atoms with van der Waals surface area (Å²) in [5.41, 5.74) is 2.28. The molecule has 0 bridgehead atoms. The van der Waals surface area contributed by atoms with Crippen LogP contribution in [0.15, 0.2) is 79.0 Å². The van der Waals surface area contributed by atoms with Crippen LogP contribution in [0.2, 0.25) is 0 Å². The molecule has 0 radical (unpaired) electrons. The minimum atomic E-state index is -0.118. The molecule has 0 saturated heterocycles. The number of nitrogens with one attached hydrogen (secondary N) is 1. The second-order valence-corrected chi connectivity index (χ2v) is 5.39. The van der Waals surface area contributed by atoms with Crippen LogP contribution in [0.4, 0.5) is 5.69 Å². The van der Waals surface area contributed by atoms with Crippen LogP contribution in [0.3, 0.4) is 0 Å². The van der Waals surface area contributed by atoms with E-state index < -0.39 is 0 Å². The molecule has 0 unspecified atom stereocenters. The number of hydrogen-bond donors (Lipinski definition) is 1. The largest absolute Gasteiger partial charge is 0.321 e. The van der Waals surface area contributed by atoms with Gasteiger partial charge in [0.1, 0.15) is 0 Å². The Balaban J connectivity index is 1.70. The maximum absolute atomic E-state index is 12.6. The molecule has 0 atom stereocenters. The summed E-state index contributed by atoms with van der Waals surface area (Å²) in [4.78, 5) is 16.9. The van der Waals surface area contributed by atoms with E-state index in [0.717, 1.165) is 27.4 Å². The highest BCUT2D eigenvalue weighted by Gasteiger charge is 2.09. The molecule has 3 heteroatoms. The lowest BCUT2D eigenvalue weighted by atomic mass is 10.1. The van der Waals surface area contributed by atoms with Crippen LogP contribution in [0.5, 0.6) is 0 Å². The SMILES string of the molecule is O=C(Nc1cccc2ncccc12)c1ccc2ccccc2c1. The van der Waals surface area contributed by atoms with Crippen LogP contribution in [0, 0.1) is 0 Å². The molecule has 0 aliphatic rings. The number of benzene rings is 3. The van der Waals surface area contributed by atoms with Crippen LogP contribution in [-0.4, -0.2) is 10.9 Å². The minimum Gasteiger partial charge on any atom is -0.321 e. The summed E-state index contributed by atoms with van der Waals surface area (Å²) in [5, 5.41) is 6.10. The van der Waals surface area contributed by atoms with Gasteiger partial charge in [0, 0.05) is 17.1 Å². The summed E-state index contributed by atoms with van der Waals surface area (Å²) < 4.78 is 0. The minimum absolute atomic E-state index is 0.118. The highest BCUT2D eigenvalue weighted by Crippen LogP contribution is 2.22. The third kappa shape index (κ3) is 2.53. The van der Waals surface area contributed by atoms with Gasteiger partial charge in [0.15, 0.2) is 0 Å². The van der Waals surface area contributed by atoms with Crippen molar-refractivity contribution in [3.8, 4) is 0 Å². The number of pyridine rings is 1. The smallest absolute Gasteiger partial charge is 0.255 e. The fourth-order valence-corrected chi connectivity index (χ4v) is 2.74. The summed E-state index contributed by atoms with van der Waals surface area (Å²) in [6.07, 6.45) is 1.75. The third-order valence-electron chi connectivity index (χ3n) is 3.91. The van der Waals surface area contributed by atoms with Crippen molar-refractivity contribution < 1.29 is 4.79 Å². The first kappa shape index (κ1) is 13.5. The third-order valence-corrected chi connectivity index (χ3v) is 3.91. The van der Waals surface area contributed by atoms with Gasteiger partial charge in [-0.2, -0.15) is 0 Å². The van der Waals surface area contributed by atoms with Crippen molar-refractivity contribution in [2.45, 2.75) is 0 Å². The van der Waals surface area contributed by atoms with Gasteiger partial charge in [-0.3, -0.25) is 9.78 Å². The van der Waals surface area contributed by atoms with E-state index in [0.29, 0.717) is 5.56 Å². The molecule has 110 valence electrons. The monoisotopic (exact) mass is 298 g/mol. The number of carbonyl (C=O) groups excluding carboxylic acids is 1. The van der Waals surface area contributed by atoms with Crippen molar-refractivity contribution in [1.29, 1.82) is 0 Å². The van der Waals surface area contributed by atoms with Crippen molar-refractivity contribution >= 4 is 33.3 Å². The molecule has 1 amide bonds. The second-order valence-electron chi connectivity index (χ2n) is 5.39. The Morgan fingerprint density at radius 1 is 0.826 bits per heavy atom. The molecule has 3 nitrogen and oxygen atoms in total. The van der Waals surface area contributed by atoms with Crippen molar-refractivity contribution in [1.82, 2.24) is 4.98 Å². The first-order valence-corrected chi connectivity index (χ1v) is 7.45. The van der Waals surface area contributed by atoms with Crippen molar-refractivity contribution in [2.24, 2.45) is 0 Å². The van der Waals surface area contributed by atoms with E-state index in [9.17, 15) is 4.79 Å². The summed E-state index contributed by atoms with van der Waals surface area (Å²) in [7, 11) is 0. The molecule has 0 aliphatic carbocycles. The second kappa shape index (κ2) is 5.54. The van der Waals surface area contributed by atoms with E-state index >= 15 is 0 Å². The topological polar surface area (TPSA) is 42.0 Å². The molecule has 4 rings (SSSR count). The zero-order chi connectivity index (χ0) is 15.6. The molecule has 1 N–H and O–H groups in total. The number of aromatic nitrogens is 1. The average molecular weight is 298 g/mol. The molecule has 23 heavy (non-hydrogen) atoms. The Labute approximate surface area is 133 Å². The Morgan fingerprint density at radius 3 is 2.61 bits per heavy atom. The van der Waals surface area contributed by atoms with Crippen LogP contribution < -0.4 is 5.32 Å². The summed E-state index contributed by atoms with van der Waals surface area (Å²) in [6.45, 7) is 0. The van der Waals surface area contributed by atoms with Gasteiger partial charge in [0.2, 0.25) is 0 Å². The molecule has 1 heterocycles. The van der Waals surface area contributed by atoms with Gasteiger partial charge in [0.05, 0.1) is 11.2 Å². The highest BCUT2D eigenvalue weighted by molar-refractivity contribution is 6.10. The molecule has 4 aromatic rings. The fourth-order valence-electron chi connectivity index (χ4n) is 2.74. The van der Waals surface area contributed by atoms with Gasteiger partial charge in [-0.1, -0.05) is 36.4 Å². The Bertz CT molecular complexity index is 1020. The molecule has 3 aromatic carbocycles. The summed E-state index contributed by atoms with van der Waals surface area (Å²) >= 11 is 0. The van der Waals surface area contributed by atoms with Crippen LogP contribution in [-0.2, 0) is 0 Å². The predicted molar refractivity (Wildman–Crippen MR) is 93.6 cm³/mol. The molecule has 0 fully saturated rings.